The Hall–Kier alpha value is -4.44. The number of hydrogen-bond donors (Lipinski definition) is 4. The highest BCUT2D eigenvalue weighted by Gasteiger charge is 2.28. The second kappa shape index (κ2) is 13.0. The van der Waals surface area contributed by atoms with E-state index in [0.29, 0.717) is 59.4 Å². The fourth-order valence-corrected chi connectivity index (χ4v) is 4.90. The largest absolute Gasteiger partial charge is 0.404 e. The molecule has 5 N–H and O–H groups in total. The fourth-order valence-electron chi connectivity index (χ4n) is 4.90. The number of rotatable bonds is 10. The van der Waals surface area contributed by atoms with E-state index < -0.39 is 30.8 Å². The number of carbonyl (C=O) groups excluding carboxylic acids is 1. The summed E-state index contributed by atoms with van der Waals surface area (Å²) in [6, 6.07) is 9.02. The van der Waals surface area contributed by atoms with Crippen molar-refractivity contribution in [2.75, 3.05) is 11.9 Å². The van der Waals surface area contributed by atoms with Gasteiger partial charge in [-0.2, -0.15) is 19.1 Å². The van der Waals surface area contributed by atoms with Crippen LogP contribution in [0.4, 0.5) is 18.9 Å². The topological polar surface area (TPSA) is 154 Å². The van der Waals surface area contributed by atoms with Crippen LogP contribution in [0.15, 0.2) is 53.4 Å². The van der Waals surface area contributed by atoms with E-state index >= 15 is 0 Å². The van der Waals surface area contributed by atoms with Crippen molar-refractivity contribution < 1.29 is 23.1 Å². The number of anilines is 1. The number of aliphatic imine (C=N–C) groups is 1. The van der Waals surface area contributed by atoms with Gasteiger partial charge in [0.15, 0.2) is 0 Å². The molecule has 1 aliphatic carbocycles. The van der Waals surface area contributed by atoms with Crippen LogP contribution >= 0.6 is 0 Å². The molecule has 1 saturated carbocycles. The van der Waals surface area contributed by atoms with E-state index in [-0.39, 0.29) is 17.5 Å². The molecule has 4 rings (SSSR count). The van der Waals surface area contributed by atoms with Crippen LogP contribution in [-0.2, 0) is 0 Å². The van der Waals surface area contributed by atoms with Crippen LogP contribution in [0.5, 0.6) is 0 Å². The molecule has 222 valence electrons. The number of allylic oxidation sites excluding steroid dienone is 1. The Morgan fingerprint density at radius 3 is 2.64 bits per heavy atom. The van der Waals surface area contributed by atoms with E-state index in [1.165, 1.54) is 32.4 Å². The van der Waals surface area contributed by atoms with Crippen molar-refractivity contribution in [3.63, 3.8) is 0 Å². The summed E-state index contributed by atoms with van der Waals surface area (Å²) in [7, 11) is 0. The molecule has 1 aliphatic rings. The molecule has 13 heteroatoms. The maximum absolute atomic E-state index is 14.4. The number of pyridine rings is 1. The van der Waals surface area contributed by atoms with Gasteiger partial charge in [-0.1, -0.05) is 0 Å². The van der Waals surface area contributed by atoms with Crippen molar-refractivity contribution in [1.29, 1.82) is 5.26 Å². The number of alkyl halides is 3. The third-order valence-corrected chi connectivity index (χ3v) is 7.34. The first-order valence-electron chi connectivity index (χ1n) is 13.5. The Bertz CT molecular complexity index is 1520. The van der Waals surface area contributed by atoms with E-state index in [0.717, 1.165) is 6.21 Å². The van der Waals surface area contributed by atoms with Crippen molar-refractivity contribution in [1.82, 2.24) is 19.9 Å². The zero-order chi connectivity index (χ0) is 30.4. The SMILES string of the molecule is CC(C)(O)C(F)CNC(=O)c1cnc(-c2ccc3cc(C#N)cnn23)cc1NC1CCC(C(=C/N)/C=N/C(F)F)CC1. The summed E-state index contributed by atoms with van der Waals surface area (Å²) in [5.74, 6) is -0.586. The molecule has 1 amide bonds. The lowest BCUT2D eigenvalue weighted by molar-refractivity contribution is -0.00177. The molecule has 1 unspecified atom stereocenters. The minimum absolute atomic E-state index is 0.0221. The molecule has 1 atom stereocenters. The highest BCUT2D eigenvalue weighted by Crippen LogP contribution is 2.33. The summed E-state index contributed by atoms with van der Waals surface area (Å²) < 4.78 is 41.1. The number of nitrogens with two attached hydrogens (primary N) is 1. The quantitative estimate of drug-likeness (QED) is 0.206. The summed E-state index contributed by atoms with van der Waals surface area (Å²) in [6.07, 6.45) is 6.26. The molecule has 0 aromatic carbocycles. The number of halogens is 3. The van der Waals surface area contributed by atoms with Gasteiger partial charge in [0.1, 0.15) is 12.2 Å². The van der Waals surface area contributed by atoms with E-state index in [2.05, 4.69) is 31.8 Å². The lowest BCUT2D eigenvalue weighted by Gasteiger charge is -2.31. The lowest BCUT2D eigenvalue weighted by Crippen LogP contribution is -2.42. The van der Waals surface area contributed by atoms with Gasteiger partial charge >= 0.3 is 6.55 Å². The molecule has 1 fully saturated rings. The van der Waals surface area contributed by atoms with Crippen LogP contribution < -0.4 is 16.4 Å². The molecule has 0 radical (unpaired) electrons. The summed E-state index contributed by atoms with van der Waals surface area (Å²) >= 11 is 0. The minimum Gasteiger partial charge on any atom is -0.404 e. The van der Waals surface area contributed by atoms with Crippen LogP contribution in [0.25, 0.3) is 16.9 Å². The fraction of sp³-hybridized carbons (Fsp3) is 0.414. The van der Waals surface area contributed by atoms with Gasteiger partial charge in [0.2, 0.25) is 0 Å². The van der Waals surface area contributed by atoms with Gasteiger partial charge in [-0.3, -0.25) is 9.78 Å². The van der Waals surface area contributed by atoms with Crippen LogP contribution in [-0.4, -0.2) is 62.7 Å². The Morgan fingerprint density at radius 2 is 2.00 bits per heavy atom. The molecule has 3 aromatic rings. The number of nitrogens with one attached hydrogen (secondary N) is 2. The molecule has 0 bridgehead atoms. The Morgan fingerprint density at radius 1 is 1.26 bits per heavy atom. The van der Waals surface area contributed by atoms with Crippen molar-refractivity contribution in [3.05, 3.63) is 59.6 Å². The van der Waals surface area contributed by atoms with Crippen LogP contribution in [0.3, 0.4) is 0 Å². The minimum atomic E-state index is -2.80. The summed E-state index contributed by atoms with van der Waals surface area (Å²) in [6.45, 7) is -0.550. The summed E-state index contributed by atoms with van der Waals surface area (Å²) in [5, 5.41) is 29.4. The molecule has 0 aliphatic heterocycles. The molecular formula is C29H33F3N8O2. The van der Waals surface area contributed by atoms with Crippen molar-refractivity contribution >= 4 is 23.3 Å². The first kappa shape index (κ1) is 30.5. The second-order valence-electron chi connectivity index (χ2n) is 10.8. The van der Waals surface area contributed by atoms with Gasteiger partial charge in [-0.05, 0) is 81.5 Å². The zero-order valence-corrected chi connectivity index (χ0v) is 23.3. The Kier molecular flexibility index (Phi) is 9.47. The normalized spacial score (nSPS) is 18.8. The highest BCUT2D eigenvalue weighted by atomic mass is 19.3. The molecule has 0 saturated heterocycles. The van der Waals surface area contributed by atoms with Crippen molar-refractivity contribution in [2.24, 2.45) is 16.6 Å². The summed E-state index contributed by atoms with van der Waals surface area (Å²) in [5.41, 5.74) is 7.51. The number of aliphatic hydroxyl groups is 1. The molecule has 42 heavy (non-hydrogen) atoms. The van der Waals surface area contributed by atoms with Gasteiger partial charge in [0, 0.05) is 18.5 Å². The number of nitriles is 1. The predicted octanol–water partition coefficient (Wildman–Crippen LogP) is 4.21. The van der Waals surface area contributed by atoms with E-state index in [9.17, 15) is 28.3 Å². The number of fused-ring (bicyclic) bond motifs is 1. The van der Waals surface area contributed by atoms with E-state index in [4.69, 9.17) is 5.73 Å². The molecular weight excluding hydrogens is 549 g/mol. The van der Waals surface area contributed by atoms with E-state index in [1.807, 2.05) is 0 Å². The average Bonchev–Trinajstić information content (AvgIpc) is 3.39. The maximum atomic E-state index is 14.4. The van der Waals surface area contributed by atoms with Crippen molar-refractivity contribution in [3.8, 4) is 17.5 Å². The van der Waals surface area contributed by atoms with Gasteiger partial charge in [-0.15, -0.1) is 0 Å². The molecule has 10 nitrogen and oxygen atoms in total. The lowest BCUT2D eigenvalue weighted by atomic mass is 9.82. The second-order valence-corrected chi connectivity index (χ2v) is 10.8. The summed E-state index contributed by atoms with van der Waals surface area (Å²) in [4.78, 5) is 20.8. The monoisotopic (exact) mass is 582 g/mol. The van der Waals surface area contributed by atoms with Crippen LogP contribution in [0, 0.1) is 17.2 Å². The number of aromatic nitrogens is 3. The van der Waals surface area contributed by atoms with Crippen LogP contribution in [0.1, 0.15) is 55.5 Å². The van der Waals surface area contributed by atoms with Gasteiger partial charge in [0.25, 0.3) is 5.91 Å². The Labute approximate surface area is 241 Å². The van der Waals surface area contributed by atoms with Gasteiger partial charge in [0.05, 0.1) is 52.1 Å². The third-order valence-electron chi connectivity index (χ3n) is 7.34. The Balaban J connectivity index is 1.59. The number of amides is 1. The third kappa shape index (κ3) is 7.25. The van der Waals surface area contributed by atoms with Gasteiger partial charge in [-0.25, -0.2) is 13.9 Å². The zero-order valence-electron chi connectivity index (χ0n) is 23.3. The maximum Gasteiger partial charge on any atom is 0.331 e. The number of nitrogens with zero attached hydrogens (tertiary/aromatic N) is 5. The predicted molar refractivity (Wildman–Crippen MR) is 153 cm³/mol. The smallest absolute Gasteiger partial charge is 0.331 e. The average molecular weight is 583 g/mol. The highest BCUT2D eigenvalue weighted by molar-refractivity contribution is 6.00. The number of carbonyl (C=O) groups is 1. The molecule has 3 aromatic heterocycles. The first-order chi connectivity index (χ1) is 20.0. The van der Waals surface area contributed by atoms with Crippen molar-refractivity contribution in [2.45, 2.75) is 63.9 Å². The molecule has 3 heterocycles. The van der Waals surface area contributed by atoms with Gasteiger partial charge < -0.3 is 21.5 Å². The number of hydrogen-bond acceptors (Lipinski definition) is 8. The standard InChI is InChI=1S/C29H33F3N8O2/c1-29(2,42)26(30)16-36-27(41)22-15-35-24(25-8-7-21-9-17(11-33)13-38-40(21)25)10-23(22)39-20-5-3-18(4-6-20)19(12-34)14-37-28(31)32/h7-10,12-15,18,20,26,28,42H,3-6,16,34H2,1-2H3,(H,35,39)(H,36,41)/b19-12+,37-14+. The molecule has 0 spiro atoms. The first-order valence-corrected chi connectivity index (χ1v) is 13.5. The van der Waals surface area contributed by atoms with Crippen LogP contribution in [0.2, 0.25) is 0 Å². The van der Waals surface area contributed by atoms with E-state index in [1.54, 1.807) is 28.8 Å².